The maximum Gasteiger partial charge on any atom is 0.235 e. The molecule has 0 amide bonds. The molecule has 0 saturated carbocycles. The summed E-state index contributed by atoms with van der Waals surface area (Å²) in [5, 5.41) is 13.0. The number of nitrogens with zero attached hydrogens (tertiary/aromatic N) is 1. The highest BCUT2D eigenvalue weighted by molar-refractivity contribution is 7.93. The van der Waals surface area contributed by atoms with Gasteiger partial charge in [-0.2, -0.15) is 0 Å². The summed E-state index contributed by atoms with van der Waals surface area (Å²) < 4.78 is 54.1. The van der Waals surface area contributed by atoms with Crippen molar-refractivity contribution < 1.29 is 26.7 Å². The van der Waals surface area contributed by atoms with E-state index in [0.29, 0.717) is 27.7 Å². The van der Waals surface area contributed by atoms with E-state index in [1.54, 1.807) is 20.8 Å². The third kappa shape index (κ3) is 7.22. The van der Waals surface area contributed by atoms with Crippen molar-refractivity contribution in [1.29, 1.82) is 0 Å². The van der Waals surface area contributed by atoms with Gasteiger partial charge in [-0.3, -0.25) is 13.8 Å². The van der Waals surface area contributed by atoms with Gasteiger partial charge < -0.3 is 5.11 Å². The number of Topliss-reactive ketones (excluding diaryl/α,β-unsaturated/α-hetero) is 1. The minimum absolute atomic E-state index is 0.0153. The molecule has 0 aliphatic carbocycles. The molecule has 218 valence electrons. The molecule has 2 heterocycles. The standard InChI is InChI=1S/C16H23NO3S2.C12H13NO3S2/c1-4-6-11-17(22(19,20)5-2)16-15(12(3)18)13-9-7-8-10-14(13)21-16;1-3-18(15,16)13-12-11(8(2)14)9-6-4-5-7-10(9)17-12/h7-10,12,18H,4-6,11H2,1-3H3;4-7,13H,3H2,1-2H3. The summed E-state index contributed by atoms with van der Waals surface area (Å²) >= 11 is 2.72. The van der Waals surface area contributed by atoms with Crippen molar-refractivity contribution in [2.24, 2.45) is 0 Å². The normalized spacial score (nSPS) is 12.7. The molecule has 1 atom stereocenters. The van der Waals surface area contributed by atoms with Crippen LogP contribution in [0.5, 0.6) is 0 Å². The molecular formula is C28H36N2O6S4. The minimum Gasteiger partial charge on any atom is -0.389 e. The SMILES string of the molecule is CCCCN(c1sc2ccccc2c1C(C)O)S(=O)(=O)CC.CCS(=O)(=O)Nc1sc2ccccc2c1C(C)=O. The Morgan fingerprint density at radius 1 is 0.925 bits per heavy atom. The van der Waals surface area contributed by atoms with Crippen LogP contribution in [-0.2, 0) is 20.0 Å². The number of aliphatic hydroxyl groups is 1. The fourth-order valence-corrected chi connectivity index (χ4v) is 8.97. The topological polar surface area (TPSA) is 121 Å². The molecule has 12 heteroatoms. The molecule has 40 heavy (non-hydrogen) atoms. The zero-order valence-electron chi connectivity index (χ0n) is 23.3. The molecule has 4 rings (SSSR count). The second kappa shape index (κ2) is 13.4. The smallest absolute Gasteiger partial charge is 0.235 e. The highest BCUT2D eigenvalue weighted by Crippen LogP contribution is 2.43. The Bertz CT molecular complexity index is 1690. The molecule has 0 aliphatic rings. The van der Waals surface area contributed by atoms with E-state index in [2.05, 4.69) is 4.72 Å². The number of hydrogen-bond acceptors (Lipinski definition) is 8. The van der Waals surface area contributed by atoms with Gasteiger partial charge in [0.2, 0.25) is 20.0 Å². The highest BCUT2D eigenvalue weighted by Gasteiger charge is 2.27. The first-order valence-corrected chi connectivity index (χ1v) is 18.0. The highest BCUT2D eigenvalue weighted by atomic mass is 32.2. The van der Waals surface area contributed by atoms with E-state index < -0.39 is 26.2 Å². The zero-order chi connectivity index (χ0) is 29.7. The number of sulfonamides is 2. The minimum atomic E-state index is -3.37. The number of unbranched alkanes of at least 4 members (excludes halogenated alkanes) is 1. The van der Waals surface area contributed by atoms with Gasteiger partial charge in [-0.05, 0) is 46.2 Å². The maximum atomic E-state index is 12.5. The van der Waals surface area contributed by atoms with Crippen LogP contribution in [-0.4, -0.2) is 45.8 Å². The van der Waals surface area contributed by atoms with Gasteiger partial charge in [0.1, 0.15) is 10.0 Å². The lowest BCUT2D eigenvalue weighted by Crippen LogP contribution is -2.33. The molecule has 0 saturated heterocycles. The van der Waals surface area contributed by atoms with Gasteiger partial charge in [0.15, 0.2) is 5.78 Å². The van der Waals surface area contributed by atoms with Crippen molar-refractivity contribution in [3.8, 4) is 0 Å². The van der Waals surface area contributed by atoms with E-state index in [4.69, 9.17) is 0 Å². The lowest BCUT2D eigenvalue weighted by molar-refractivity contribution is 0.102. The molecule has 2 aromatic carbocycles. The number of thiophene rings is 2. The van der Waals surface area contributed by atoms with Gasteiger partial charge in [-0.1, -0.05) is 49.7 Å². The molecule has 2 aromatic heterocycles. The number of hydrogen-bond donors (Lipinski definition) is 2. The quantitative estimate of drug-likeness (QED) is 0.178. The number of carbonyl (C=O) groups is 1. The Kier molecular flexibility index (Phi) is 10.8. The Balaban J connectivity index is 0.000000225. The summed E-state index contributed by atoms with van der Waals surface area (Å²) in [6, 6.07) is 15.1. The number of rotatable bonds is 11. The first-order valence-electron chi connectivity index (χ1n) is 13.1. The number of carbonyl (C=O) groups excluding carboxylic acids is 1. The summed E-state index contributed by atoms with van der Waals surface area (Å²) in [6.07, 6.45) is 1.01. The molecule has 0 fully saturated rings. The molecule has 0 aliphatic heterocycles. The number of nitrogens with one attached hydrogen (secondary N) is 1. The van der Waals surface area contributed by atoms with Crippen molar-refractivity contribution in [3.63, 3.8) is 0 Å². The summed E-state index contributed by atoms with van der Waals surface area (Å²) in [4.78, 5) is 11.7. The van der Waals surface area contributed by atoms with Crippen LogP contribution in [0.2, 0.25) is 0 Å². The van der Waals surface area contributed by atoms with Gasteiger partial charge in [0, 0.05) is 32.3 Å². The van der Waals surface area contributed by atoms with Crippen molar-refractivity contribution in [3.05, 3.63) is 59.7 Å². The third-order valence-electron chi connectivity index (χ3n) is 6.25. The van der Waals surface area contributed by atoms with Crippen LogP contribution in [0, 0.1) is 0 Å². The van der Waals surface area contributed by atoms with Crippen LogP contribution in [0.1, 0.15) is 69.5 Å². The van der Waals surface area contributed by atoms with E-state index in [9.17, 15) is 26.7 Å². The summed E-state index contributed by atoms with van der Waals surface area (Å²) in [5.41, 5.74) is 1.17. The molecule has 2 N–H and O–H groups in total. The van der Waals surface area contributed by atoms with Gasteiger partial charge in [-0.25, -0.2) is 16.8 Å². The summed E-state index contributed by atoms with van der Waals surface area (Å²) in [6.45, 7) is 8.84. The average Bonchev–Trinajstić information content (AvgIpc) is 3.47. The first kappa shape index (κ1) is 32.0. The van der Waals surface area contributed by atoms with E-state index >= 15 is 0 Å². The monoisotopic (exact) mass is 624 g/mol. The first-order chi connectivity index (χ1) is 18.9. The van der Waals surface area contributed by atoms with Gasteiger partial charge in [-0.15, -0.1) is 22.7 Å². The average molecular weight is 625 g/mol. The van der Waals surface area contributed by atoms with Crippen LogP contribution in [0.25, 0.3) is 20.2 Å². The van der Waals surface area contributed by atoms with Gasteiger partial charge >= 0.3 is 0 Å². The summed E-state index contributed by atoms with van der Waals surface area (Å²) in [5.74, 6) is -0.0933. The molecule has 0 bridgehead atoms. The van der Waals surface area contributed by atoms with Crippen molar-refractivity contribution in [1.82, 2.24) is 0 Å². The number of anilines is 2. The van der Waals surface area contributed by atoms with Gasteiger partial charge in [0.05, 0.1) is 23.2 Å². The lowest BCUT2D eigenvalue weighted by atomic mass is 10.1. The third-order valence-corrected chi connectivity index (χ3v) is 11.8. The van der Waals surface area contributed by atoms with E-state index in [-0.39, 0.29) is 17.3 Å². The maximum absolute atomic E-state index is 12.5. The Hall–Kier alpha value is -2.51. The van der Waals surface area contributed by atoms with Crippen molar-refractivity contribution >= 4 is 78.7 Å². The number of ketones is 1. The predicted octanol–water partition coefficient (Wildman–Crippen LogP) is 6.78. The molecule has 4 aromatic rings. The Labute approximate surface area is 244 Å². The number of aliphatic hydroxyl groups excluding tert-OH is 1. The van der Waals surface area contributed by atoms with Crippen LogP contribution in [0.15, 0.2) is 48.5 Å². The van der Waals surface area contributed by atoms with Crippen LogP contribution >= 0.6 is 22.7 Å². The van der Waals surface area contributed by atoms with Crippen LogP contribution in [0.4, 0.5) is 10.0 Å². The molecule has 8 nitrogen and oxygen atoms in total. The number of fused-ring (bicyclic) bond motifs is 2. The molecular weight excluding hydrogens is 589 g/mol. The molecule has 0 radical (unpaired) electrons. The van der Waals surface area contributed by atoms with E-state index in [1.165, 1.54) is 33.9 Å². The Morgan fingerprint density at radius 2 is 1.50 bits per heavy atom. The Morgan fingerprint density at radius 3 is 2.02 bits per heavy atom. The zero-order valence-corrected chi connectivity index (χ0v) is 26.6. The molecule has 0 spiro atoms. The fourth-order valence-electron chi connectivity index (χ4n) is 4.15. The largest absolute Gasteiger partial charge is 0.389 e. The van der Waals surface area contributed by atoms with Crippen molar-refractivity contribution in [2.45, 2.75) is 53.6 Å². The number of benzene rings is 2. The van der Waals surface area contributed by atoms with Crippen LogP contribution in [0.3, 0.4) is 0 Å². The van der Waals surface area contributed by atoms with Crippen molar-refractivity contribution in [2.75, 3.05) is 27.1 Å². The van der Waals surface area contributed by atoms with Gasteiger partial charge in [0.25, 0.3) is 0 Å². The lowest BCUT2D eigenvalue weighted by Gasteiger charge is -2.24. The van der Waals surface area contributed by atoms with E-state index in [1.807, 2.05) is 55.5 Å². The van der Waals surface area contributed by atoms with Crippen LogP contribution < -0.4 is 9.03 Å². The second-order valence-electron chi connectivity index (χ2n) is 9.18. The molecule has 1 unspecified atom stereocenters. The summed E-state index contributed by atoms with van der Waals surface area (Å²) in [7, 11) is -6.72. The fraction of sp³-hybridized carbons (Fsp3) is 0.393. The second-order valence-corrected chi connectivity index (χ2v) is 15.5. The van der Waals surface area contributed by atoms with E-state index in [0.717, 1.165) is 33.0 Å². The predicted molar refractivity (Wildman–Crippen MR) is 169 cm³/mol.